The van der Waals surface area contributed by atoms with Gasteiger partial charge in [-0.1, -0.05) is 12.2 Å². The van der Waals surface area contributed by atoms with Gasteiger partial charge in [0.05, 0.1) is 18.1 Å². The van der Waals surface area contributed by atoms with Gasteiger partial charge in [-0.15, -0.1) is 11.6 Å². The molecule has 2 aliphatic carbocycles. The van der Waals surface area contributed by atoms with E-state index in [1.54, 1.807) is 6.08 Å². The number of amides is 2. The van der Waals surface area contributed by atoms with E-state index >= 15 is 0 Å². The first-order valence-electron chi connectivity index (χ1n) is 12.8. The van der Waals surface area contributed by atoms with Crippen molar-refractivity contribution >= 4 is 17.6 Å². The number of alkyl halides is 4. The summed E-state index contributed by atoms with van der Waals surface area (Å²) in [4.78, 5) is 12.4. The maximum absolute atomic E-state index is 13.2. The second-order valence-corrected chi connectivity index (χ2v) is 10.8. The van der Waals surface area contributed by atoms with Gasteiger partial charge in [0.1, 0.15) is 0 Å². The highest BCUT2D eigenvalue weighted by Crippen LogP contribution is 2.39. The van der Waals surface area contributed by atoms with Gasteiger partial charge in [-0.2, -0.15) is 13.2 Å². The maximum atomic E-state index is 13.2. The summed E-state index contributed by atoms with van der Waals surface area (Å²) >= 11 is 5.83. The van der Waals surface area contributed by atoms with Gasteiger partial charge < -0.3 is 35.8 Å². The number of aliphatic hydroxyl groups is 1. The number of carbonyl (C=O) groups is 1. The summed E-state index contributed by atoms with van der Waals surface area (Å²) in [5.74, 6) is -1.61. The number of ether oxygens (including phenoxy) is 2. The SMILES string of the molecule is CO[C@H](O)[C@H]1CN[C@@H]([C@@H]2C[C@H](O[C@@H]3CC=C(NC(=O)NC4=CC[C@H](Cl)[C@H](C(F)(F)F)C4)CC3)C=CN2)C1. The standard InChI is InChI=1S/C25H36ClF3N4O4/c1-36-23(34)14-10-21(31-13-14)22-12-18(8-9-30-22)37-17-5-2-15(3-6-17)32-24(35)33-16-4-7-20(26)19(11-16)25(27,28)29/h2,4,8-9,14,17-23,30-31,34H,3,5-7,10-13H2,1H3,(H2,32,33,35)/t14-,17-,18-,19-,20+,21-,22+,23+/m1/s1. The Morgan fingerprint density at radius 2 is 1.95 bits per heavy atom. The third kappa shape index (κ3) is 7.63. The second kappa shape index (κ2) is 12.4. The zero-order chi connectivity index (χ0) is 26.6. The van der Waals surface area contributed by atoms with Crippen molar-refractivity contribution in [3.05, 3.63) is 35.8 Å². The number of carbonyl (C=O) groups excluding carboxylic acids is 1. The fourth-order valence-corrected chi connectivity index (χ4v) is 5.80. The highest BCUT2D eigenvalue weighted by atomic mass is 35.5. The van der Waals surface area contributed by atoms with Gasteiger partial charge in [0.25, 0.3) is 0 Å². The molecule has 4 rings (SSSR count). The smallest absolute Gasteiger partial charge is 0.387 e. The molecule has 8 atom stereocenters. The monoisotopic (exact) mass is 548 g/mol. The minimum Gasteiger partial charge on any atom is -0.387 e. The molecule has 8 nitrogen and oxygen atoms in total. The van der Waals surface area contributed by atoms with Crippen molar-refractivity contribution in [1.82, 2.24) is 21.3 Å². The third-order valence-electron chi connectivity index (χ3n) is 7.60. The van der Waals surface area contributed by atoms with Crippen LogP contribution >= 0.6 is 11.6 Å². The summed E-state index contributed by atoms with van der Waals surface area (Å²) in [5.41, 5.74) is 0.967. The predicted molar refractivity (Wildman–Crippen MR) is 132 cm³/mol. The highest BCUT2D eigenvalue weighted by molar-refractivity contribution is 6.21. The fourth-order valence-electron chi connectivity index (χ4n) is 5.48. The van der Waals surface area contributed by atoms with Gasteiger partial charge >= 0.3 is 12.2 Å². The number of nitrogens with one attached hydrogen (secondary N) is 4. The molecule has 0 aromatic rings. The Balaban J connectivity index is 1.20. The average molecular weight is 549 g/mol. The summed E-state index contributed by atoms with van der Waals surface area (Å²) in [6, 6.07) is -0.146. The summed E-state index contributed by atoms with van der Waals surface area (Å²) in [5, 5.41) is 21.1. The van der Waals surface area contributed by atoms with E-state index in [9.17, 15) is 23.1 Å². The van der Waals surface area contributed by atoms with Crippen LogP contribution in [0.1, 0.15) is 44.9 Å². The largest absolute Gasteiger partial charge is 0.393 e. The molecular formula is C25H36ClF3N4O4. The van der Waals surface area contributed by atoms with Gasteiger partial charge in [-0.25, -0.2) is 4.79 Å². The summed E-state index contributed by atoms with van der Waals surface area (Å²) in [7, 11) is 1.51. The van der Waals surface area contributed by atoms with Crippen LogP contribution < -0.4 is 21.3 Å². The highest BCUT2D eigenvalue weighted by Gasteiger charge is 2.45. The number of aliphatic hydroxyl groups excluding tert-OH is 1. The Hall–Kier alpha value is -1.79. The summed E-state index contributed by atoms with van der Waals surface area (Å²) in [6.45, 7) is 0.706. The average Bonchev–Trinajstić information content (AvgIpc) is 3.36. The first-order chi connectivity index (χ1) is 17.6. The third-order valence-corrected chi connectivity index (χ3v) is 8.08. The van der Waals surface area contributed by atoms with Crippen molar-refractivity contribution < 1.29 is 32.5 Å². The van der Waals surface area contributed by atoms with Crippen LogP contribution in [0.3, 0.4) is 0 Å². The van der Waals surface area contributed by atoms with Crippen LogP contribution in [0, 0.1) is 11.8 Å². The van der Waals surface area contributed by atoms with E-state index in [0.29, 0.717) is 19.4 Å². The van der Waals surface area contributed by atoms with Crippen molar-refractivity contribution in [2.75, 3.05) is 13.7 Å². The molecule has 2 aliphatic heterocycles. The van der Waals surface area contributed by atoms with Gasteiger partial charge in [0.15, 0.2) is 6.29 Å². The van der Waals surface area contributed by atoms with E-state index in [4.69, 9.17) is 21.1 Å². The molecule has 12 heteroatoms. The molecule has 37 heavy (non-hydrogen) atoms. The molecule has 0 unspecified atom stereocenters. The van der Waals surface area contributed by atoms with Crippen LogP contribution in [0.25, 0.3) is 0 Å². The molecule has 0 spiro atoms. The molecule has 1 fully saturated rings. The molecule has 2 heterocycles. The van der Waals surface area contributed by atoms with E-state index in [2.05, 4.69) is 21.3 Å². The number of hydrogen-bond acceptors (Lipinski definition) is 6. The predicted octanol–water partition coefficient (Wildman–Crippen LogP) is 3.39. The lowest BCUT2D eigenvalue weighted by Gasteiger charge is -2.33. The fraction of sp³-hybridized carbons (Fsp3) is 0.720. The van der Waals surface area contributed by atoms with Crippen LogP contribution in [0.2, 0.25) is 0 Å². The Kier molecular flexibility index (Phi) is 9.44. The summed E-state index contributed by atoms with van der Waals surface area (Å²) in [6.07, 6.45) is 5.49. The normalized spacial score (nSPS) is 35.2. The zero-order valence-corrected chi connectivity index (χ0v) is 21.5. The number of hydrogen-bond donors (Lipinski definition) is 5. The number of urea groups is 1. The van der Waals surface area contributed by atoms with E-state index in [0.717, 1.165) is 25.0 Å². The molecular weight excluding hydrogens is 513 g/mol. The van der Waals surface area contributed by atoms with Gasteiger partial charge in [-0.3, -0.25) is 0 Å². The van der Waals surface area contributed by atoms with Gasteiger partial charge in [-0.05, 0) is 50.8 Å². The molecule has 4 aliphatic rings. The maximum Gasteiger partial charge on any atom is 0.393 e. The van der Waals surface area contributed by atoms with Crippen molar-refractivity contribution in [3.63, 3.8) is 0 Å². The van der Waals surface area contributed by atoms with E-state index in [-0.39, 0.29) is 48.7 Å². The zero-order valence-electron chi connectivity index (χ0n) is 20.8. The van der Waals surface area contributed by atoms with Crippen molar-refractivity contribution in [1.29, 1.82) is 0 Å². The first kappa shape index (κ1) is 28.2. The molecule has 0 radical (unpaired) electrons. The minimum absolute atomic E-state index is 0.0101. The quantitative estimate of drug-likeness (QED) is 0.247. The summed E-state index contributed by atoms with van der Waals surface area (Å²) < 4.78 is 50.8. The number of halogens is 4. The van der Waals surface area contributed by atoms with Crippen molar-refractivity contribution in [2.24, 2.45) is 11.8 Å². The van der Waals surface area contributed by atoms with Crippen LogP contribution in [0.4, 0.5) is 18.0 Å². The molecule has 0 aromatic carbocycles. The van der Waals surface area contributed by atoms with Crippen LogP contribution in [-0.4, -0.2) is 66.9 Å². The number of allylic oxidation sites excluding steroid dienone is 3. The van der Waals surface area contributed by atoms with Gasteiger partial charge in [0.2, 0.25) is 0 Å². The number of rotatable bonds is 7. The first-order valence-corrected chi connectivity index (χ1v) is 13.2. The van der Waals surface area contributed by atoms with Crippen LogP contribution in [0.15, 0.2) is 35.8 Å². The molecule has 0 bridgehead atoms. The van der Waals surface area contributed by atoms with Crippen LogP contribution in [-0.2, 0) is 9.47 Å². The topological polar surface area (TPSA) is 104 Å². The minimum atomic E-state index is -4.41. The lowest BCUT2D eigenvalue weighted by atomic mass is 9.91. The number of methoxy groups -OCH3 is 1. The molecule has 208 valence electrons. The Labute approximate surface area is 220 Å². The molecule has 0 aromatic heterocycles. The Bertz CT molecular complexity index is 900. The van der Waals surface area contributed by atoms with E-state index < -0.39 is 29.8 Å². The van der Waals surface area contributed by atoms with Crippen molar-refractivity contribution in [2.45, 2.75) is 87.1 Å². The molecule has 1 saturated heterocycles. The van der Waals surface area contributed by atoms with Crippen LogP contribution in [0.5, 0.6) is 0 Å². The van der Waals surface area contributed by atoms with Crippen molar-refractivity contribution in [3.8, 4) is 0 Å². The Morgan fingerprint density at radius 1 is 1.19 bits per heavy atom. The Morgan fingerprint density at radius 3 is 2.65 bits per heavy atom. The second-order valence-electron chi connectivity index (χ2n) is 10.2. The molecule has 5 N–H and O–H groups in total. The van der Waals surface area contributed by atoms with Gasteiger partial charge in [0, 0.05) is 54.8 Å². The molecule has 0 saturated carbocycles. The lowest BCUT2D eigenvalue weighted by Crippen LogP contribution is -2.47. The lowest BCUT2D eigenvalue weighted by molar-refractivity contribution is -0.175. The molecule has 2 amide bonds. The van der Waals surface area contributed by atoms with E-state index in [1.165, 1.54) is 7.11 Å². The van der Waals surface area contributed by atoms with E-state index in [1.807, 2.05) is 18.4 Å².